The zero-order valence-electron chi connectivity index (χ0n) is 10.5. The van der Waals surface area contributed by atoms with Crippen LogP contribution in [-0.4, -0.2) is 6.29 Å². The van der Waals surface area contributed by atoms with Crippen LogP contribution in [0.5, 0.6) is 0 Å². The van der Waals surface area contributed by atoms with Crippen LogP contribution in [0.25, 0.3) is 21.6 Å². The number of benzene rings is 2. The molecule has 0 saturated carbocycles. The van der Waals surface area contributed by atoms with Crippen molar-refractivity contribution in [1.29, 1.82) is 0 Å². The molecule has 0 bridgehead atoms. The molecule has 98 valence electrons. The molecule has 1 aromatic heterocycles. The number of hydrogen-bond donors (Lipinski definition) is 0. The molecule has 20 heavy (non-hydrogen) atoms. The molecule has 0 spiro atoms. The Balaban J connectivity index is 2.17. The SMILES string of the molecule is O=Cc1cc(-c2ccc(F)cc2)c(-c2ccccc2)s1. The Morgan fingerprint density at radius 1 is 0.900 bits per heavy atom. The number of carbonyl (C=O) groups is 1. The maximum absolute atomic E-state index is 13.0. The molecule has 0 amide bonds. The first kappa shape index (κ1) is 12.8. The van der Waals surface area contributed by atoms with Crippen molar-refractivity contribution in [3.8, 4) is 21.6 Å². The summed E-state index contributed by atoms with van der Waals surface area (Å²) in [6.45, 7) is 0. The molecule has 0 N–H and O–H groups in total. The molecule has 0 aliphatic rings. The topological polar surface area (TPSA) is 17.1 Å². The van der Waals surface area contributed by atoms with Crippen LogP contribution in [0.1, 0.15) is 9.67 Å². The van der Waals surface area contributed by atoms with Gasteiger partial charge < -0.3 is 0 Å². The second-order valence-electron chi connectivity index (χ2n) is 4.38. The van der Waals surface area contributed by atoms with E-state index in [1.54, 1.807) is 12.1 Å². The Morgan fingerprint density at radius 2 is 1.60 bits per heavy atom. The normalized spacial score (nSPS) is 10.4. The van der Waals surface area contributed by atoms with Crippen molar-refractivity contribution in [1.82, 2.24) is 0 Å². The Labute approximate surface area is 120 Å². The van der Waals surface area contributed by atoms with E-state index in [0.29, 0.717) is 4.88 Å². The summed E-state index contributed by atoms with van der Waals surface area (Å²) >= 11 is 1.45. The van der Waals surface area contributed by atoms with E-state index in [4.69, 9.17) is 0 Å². The summed E-state index contributed by atoms with van der Waals surface area (Å²) in [4.78, 5) is 12.7. The fraction of sp³-hybridized carbons (Fsp3) is 0. The molecule has 0 saturated heterocycles. The van der Waals surface area contributed by atoms with Gasteiger partial charge in [-0.3, -0.25) is 4.79 Å². The van der Waals surface area contributed by atoms with Crippen molar-refractivity contribution in [3.63, 3.8) is 0 Å². The van der Waals surface area contributed by atoms with Gasteiger partial charge in [-0.2, -0.15) is 0 Å². The average molecular weight is 282 g/mol. The molecular weight excluding hydrogens is 271 g/mol. The van der Waals surface area contributed by atoms with Gasteiger partial charge in [0.2, 0.25) is 0 Å². The summed E-state index contributed by atoms with van der Waals surface area (Å²) in [6, 6.07) is 18.1. The van der Waals surface area contributed by atoms with Gasteiger partial charge in [-0.05, 0) is 29.3 Å². The van der Waals surface area contributed by atoms with Crippen LogP contribution in [0, 0.1) is 5.82 Å². The van der Waals surface area contributed by atoms with Crippen molar-refractivity contribution in [3.05, 3.63) is 71.4 Å². The summed E-state index contributed by atoms with van der Waals surface area (Å²) in [6.07, 6.45) is 0.851. The minimum Gasteiger partial charge on any atom is -0.297 e. The van der Waals surface area contributed by atoms with Gasteiger partial charge in [-0.15, -0.1) is 11.3 Å². The van der Waals surface area contributed by atoms with E-state index in [2.05, 4.69) is 0 Å². The molecule has 3 rings (SSSR count). The Bertz CT molecular complexity index is 729. The number of carbonyl (C=O) groups excluding carboxylic acids is 1. The largest absolute Gasteiger partial charge is 0.297 e. The summed E-state index contributed by atoms with van der Waals surface area (Å²) in [5.41, 5.74) is 2.93. The molecular formula is C17H11FOS. The van der Waals surface area contributed by atoms with Crippen molar-refractivity contribution >= 4 is 17.6 Å². The van der Waals surface area contributed by atoms with Gasteiger partial charge in [0, 0.05) is 10.4 Å². The molecule has 1 nitrogen and oxygen atoms in total. The monoisotopic (exact) mass is 282 g/mol. The van der Waals surface area contributed by atoms with E-state index in [1.165, 1.54) is 23.5 Å². The lowest BCUT2D eigenvalue weighted by molar-refractivity contribution is 0.112. The Hall–Kier alpha value is -2.26. The van der Waals surface area contributed by atoms with Crippen molar-refractivity contribution in [2.45, 2.75) is 0 Å². The first-order valence-corrected chi connectivity index (χ1v) is 7.00. The zero-order chi connectivity index (χ0) is 13.9. The number of hydrogen-bond acceptors (Lipinski definition) is 2. The molecule has 3 heteroatoms. The van der Waals surface area contributed by atoms with Gasteiger partial charge in [0.05, 0.1) is 4.88 Å². The van der Waals surface area contributed by atoms with Gasteiger partial charge in [0.15, 0.2) is 6.29 Å². The van der Waals surface area contributed by atoms with Gasteiger partial charge in [0.25, 0.3) is 0 Å². The van der Waals surface area contributed by atoms with E-state index in [-0.39, 0.29) is 5.82 Å². The Morgan fingerprint density at radius 3 is 2.25 bits per heavy atom. The predicted molar refractivity (Wildman–Crippen MR) is 80.5 cm³/mol. The van der Waals surface area contributed by atoms with Crippen LogP contribution in [-0.2, 0) is 0 Å². The van der Waals surface area contributed by atoms with Crippen LogP contribution in [0.4, 0.5) is 4.39 Å². The van der Waals surface area contributed by atoms with E-state index in [1.807, 2.05) is 36.4 Å². The molecule has 0 unspecified atom stereocenters. The molecule has 0 atom stereocenters. The lowest BCUT2D eigenvalue weighted by atomic mass is 10.0. The van der Waals surface area contributed by atoms with Crippen molar-refractivity contribution in [2.75, 3.05) is 0 Å². The van der Waals surface area contributed by atoms with Gasteiger partial charge >= 0.3 is 0 Å². The van der Waals surface area contributed by atoms with Crippen molar-refractivity contribution in [2.24, 2.45) is 0 Å². The van der Waals surface area contributed by atoms with Gasteiger partial charge in [0.1, 0.15) is 5.82 Å². The highest BCUT2D eigenvalue weighted by molar-refractivity contribution is 7.17. The quantitative estimate of drug-likeness (QED) is 0.615. The number of rotatable bonds is 3. The van der Waals surface area contributed by atoms with E-state index < -0.39 is 0 Å². The van der Waals surface area contributed by atoms with Gasteiger partial charge in [-0.1, -0.05) is 42.5 Å². The Kier molecular flexibility index (Phi) is 3.44. The first-order valence-electron chi connectivity index (χ1n) is 6.18. The molecule has 0 aliphatic heterocycles. The highest BCUT2D eigenvalue weighted by atomic mass is 32.1. The third-order valence-electron chi connectivity index (χ3n) is 3.06. The third-order valence-corrected chi connectivity index (χ3v) is 4.17. The minimum atomic E-state index is -0.263. The van der Waals surface area contributed by atoms with Crippen LogP contribution in [0.3, 0.4) is 0 Å². The van der Waals surface area contributed by atoms with Crippen LogP contribution < -0.4 is 0 Å². The lowest BCUT2D eigenvalue weighted by Crippen LogP contribution is -1.80. The average Bonchev–Trinajstić information content (AvgIpc) is 2.93. The summed E-state index contributed by atoms with van der Waals surface area (Å²) in [5.74, 6) is -0.263. The minimum absolute atomic E-state index is 0.263. The number of aldehydes is 1. The standard InChI is InChI=1S/C17H11FOS/c18-14-8-6-12(7-9-14)16-10-15(11-19)20-17(16)13-4-2-1-3-5-13/h1-11H. The summed E-state index contributed by atoms with van der Waals surface area (Å²) in [5, 5.41) is 0. The second kappa shape index (κ2) is 5.39. The molecule has 0 fully saturated rings. The molecule has 3 aromatic rings. The fourth-order valence-corrected chi connectivity index (χ4v) is 3.12. The predicted octanol–water partition coefficient (Wildman–Crippen LogP) is 5.03. The molecule has 2 aromatic carbocycles. The maximum atomic E-state index is 13.0. The molecule has 0 radical (unpaired) electrons. The van der Waals surface area contributed by atoms with E-state index >= 15 is 0 Å². The number of halogens is 1. The fourth-order valence-electron chi connectivity index (χ4n) is 2.12. The smallest absolute Gasteiger partial charge is 0.160 e. The summed E-state index contributed by atoms with van der Waals surface area (Å²) in [7, 11) is 0. The van der Waals surface area contributed by atoms with Crippen LogP contribution in [0.2, 0.25) is 0 Å². The van der Waals surface area contributed by atoms with E-state index in [9.17, 15) is 9.18 Å². The van der Waals surface area contributed by atoms with Crippen molar-refractivity contribution < 1.29 is 9.18 Å². The number of thiophene rings is 1. The molecule has 0 aliphatic carbocycles. The van der Waals surface area contributed by atoms with Gasteiger partial charge in [-0.25, -0.2) is 4.39 Å². The van der Waals surface area contributed by atoms with E-state index in [0.717, 1.165) is 27.9 Å². The zero-order valence-corrected chi connectivity index (χ0v) is 11.4. The maximum Gasteiger partial charge on any atom is 0.160 e. The molecule has 1 heterocycles. The highest BCUT2D eigenvalue weighted by Crippen LogP contribution is 2.38. The highest BCUT2D eigenvalue weighted by Gasteiger charge is 2.12. The van der Waals surface area contributed by atoms with Crippen LogP contribution >= 0.6 is 11.3 Å². The summed E-state index contributed by atoms with van der Waals surface area (Å²) < 4.78 is 13.0. The first-order chi connectivity index (χ1) is 9.78. The third kappa shape index (κ3) is 2.40. The lowest BCUT2D eigenvalue weighted by Gasteiger charge is -2.04. The van der Waals surface area contributed by atoms with Crippen LogP contribution in [0.15, 0.2) is 60.7 Å². The second-order valence-corrected chi connectivity index (χ2v) is 5.47.